The molecule has 78 valence electrons. The van der Waals surface area contributed by atoms with E-state index < -0.39 is 0 Å². The van der Waals surface area contributed by atoms with Gasteiger partial charge in [-0.15, -0.1) is 0 Å². The molecule has 0 aromatic heterocycles. The Morgan fingerprint density at radius 2 is 2.07 bits per heavy atom. The Hall–Kier alpha value is -1.20. The zero-order valence-electron chi connectivity index (χ0n) is 8.92. The monoisotopic (exact) mass is 220 g/mol. The van der Waals surface area contributed by atoms with Gasteiger partial charge in [0.05, 0.1) is 22.3 Å². The van der Waals surface area contributed by atoms with Crippen molar-refractivity contribution in [3.63, 3.8) is 0 Å². The Bertz CT molecular complexity index is 424. The Kier molecular flexibility index (Phi) is 2.36. The summed E-state index contributed by atoms with van der Waals surface area (Å²) < 4.78 is 0. The van der Waals surface area contributed by atoms with Crippen molar-refractivity contribution in [2.45, 2.75) is 13.8 Å². The molecule has 0 amide bonds. The second kappa shape index (κ2) is 3.43. The standard InChI is InChI=1S/C12H13ClN2/c1-12(2)7-15(8-12)11-5-9(6-14)3-4-10(11)13/h3-5H,7-8H2,1-2H3. The number of nitriles is 1. The molecule has 0 atom stereocenters. The van der Waals surface area contributed by atoms with Gasteiger partial charge in [-0.2, -0.15) is 5.26 Å². The van der Waals surface area contributed by atoms with Crippen LogP contribution in [0.2, 0.25) is 5.02 Å². The third-order valence-electron chi connectivity index (χ3n) is 2.65. The maximum atomic E-state index is 8.82. The van der Waals surface area contributed by atoms with Crippen LogP contribution in [0.3, 0.4) is 0 Å². The van der Waals surface area contributed by atoms with E-state index in [4.69, 9.17) is 16.9 Å². The molecule has 2 rings (SSSR count). The third kappa shape index (κ3) is 1.93. The summed E-state index contributed by atoms with van der Waals surface area (Å²) in [4.78, 5) is 2.21. The summed E-state index contributed by atoms with van der Waals surface area (Å²) in [5.41, 5.74) is 2.01. The summed E-state index contributed by atoms with van der Waals surface area (Å²) >= 11 is 6.10. The SMILES string of the molecule is CC1(C)CN(c2cc(C#N)ccc2Cl)C1. The first-order chi connectivity index (χ1) is 7.02. The van der Waals surface area contributed by atoms with Gasteiger partial charge in [-0.05, 0) is 23.6 Å². The summed E-state index contributed by atoms with van der Waals surface area (Å²) in [6.07, 6.45) is 0. The van der Waals surface area contributed by atoms with Crippen molar-refractivity contribution in [1.82, 2.24) is 0 Å². The van der Waals surface area contributed by atoms with Crippen molar-refractivity contribution in [3.8, 4) is 6.07 Å². The van der Waals surface area contributed by atoms with Crippen LogP contribution in [-0.4, -0.2) is 13.1 Å². The zero-order chi connectivity index (χ0) is 11.1. The summed E-state index contributed by atoms with van der Waals surface area (Å²) in [7, 11) is 0. The molecule has 0 unspecified atom stereocenters. The third-order valence-corrected chi connectivity index (χ3v) is 2.97. The molecule has 1 heterocycles. The first kappa shape index (κ1) is 10.3. The minimum Gasteiger partial charge on any atom is -0.369 e. The molecule has 1 aliphatic rings. The molecule has 1 aromatic rings. The van der Waals surface area contributed by atoms with Gasteiger partial charge in [0.25, 0.3) is 0 Å². The van der Waals surface area contributed by atoms with E-state index >= 15 is 0 Å². The first-order valence-corrected chi connectivity index (χ1v) is 5.34. The largest absolute Gasteiger partial charge is 0.369 e. The van der Waals surface area contributed by atoms with Crippen LogP contribution in [-0.2, 0) is 0 Å². The van der Waals surface area contributed by atoms with Crippen LogP contribution in [0.15, 0.2) is 18.2 Å². The number of nitrogens with zero attached hydrogens (tertiary/aromatic N) is 2. The number of anilines is 1. The fourth-order valence-electron chi connectivity index (χ4n) is 1.98. The molecule has 1 fully saturated rings. The van der Waals surface area contributed by atoms with Crippen molar-refractivity contribution < 1.29 is 0 Å². The first-order valence-electron chi connectivity index (χ1n) is 4.96. The van der Waals surface area contributed by atoms with Crippen LogP contribution in [0, 0.1) is 16.7 Å². The van der Waals surface area contributed by atoms with Crippen molar-refractivity contribution in [3.05, 3.63) is 28.8 Å². The molecule has 1 aromatic carbocycles. The molecule has 3 heteroatoms. The molecule has 2 nitrogen and oxygen atoms in total. The van der Waals surface area contributed by atoms with E-state index in [0.717, 1.165) is 23.8 Å². The normalized spacial score (nSPS) is 18.1. The number of rotatable bonds is 1. The van der Waals surface area contributed by atoms with Gasteiger partial charge in [-0.3, -0.25) is 0 Å². The molecular formula is C12H13ClN2. The Morgan fingerprint density at radius 3 is 2.60 bits per heavy atom. The fourth-order valence-corrected chi connectivity index (χ4v) is 2.22. The van der Waals surface area contributed by atoms with Gasteiger partial charge in [0.1, 0.15) is 0 Å². The van der Waals surface area contributed by atoms with Gasteiger partial charge in [0.15, 0.2) is 0 Å². The predicted molar refractivity (Wildman–Crippen MR) is 62.2 cm³/mol. The van der Waals surface area contributed by atoms with E-state index in [1.165, 1.54) is 0 Å². The highest BCUT2D eigenvalue weighted by Gasteiger charge is 2.35. The van der Waals surface area contributed by atoms with Gasteiger partial charge in [0, 0.05) is 13.1 Å². The van der Waals surface area contributed by atoms with E-state index in [2.05, 4.69) is 24.8 Å². The minimum atomic E-state index is 0.367. The second-order valence-corrected chi connectivity index (χ2v) is 5.21. The molecule has 0 bridgehead atoms. The summed E-state index contributed by atoms with van der Waals surface area (Å²) in [5, 5.41) is 9.54. The molecule has 1 saturated heterocycles. The van der Waals surface area contributed by atoms with Gasteiger partial charge < -0.3 is 4.90 Å². The highest BCUT2D eigenvalue weighted by Crippen LogP contribution is 2.37. The summed E-state index contributed by atoms with van der Waals surface area (Å²) in [6, 6.07) is 7.53. The number of halogens is 1. The molecule has 1 aliphatic heterocycles. The van der Waals surface area contributed by atoms with Crippen molar-refractivity contribution in [1.29, 1.82) is 5.26 Å². The lowest BCUT2D eigenvalue weighted by Gasteiger charge is -2.47. The van der Waals surface area contributed by atoms with E-state index in [0.29, 0.717) is 11.0 Å². The van der Waals surface area contributed by atoms with Gasteiger partial charge in [-0.1, -0.05) is 25.4 Å². The molecule has 0 aliphatic carbocycles. The molecule has 0 saturated carbocycles. The van der Waals surface area contributed by atoms with E-state index in [1.54, 1.807) is 12.1 Å². The lowest BCUT2D eigenvalue weighted by Crippen LogP contribution is -2.53. The number of hydrogen-bond donors (Lipinski definition) is 0. The highest BCUT2D eigenvalue weighted by molar-refractivity contribution is 6.33. The van der Waals surface area contributed by atoms with Crippen LogP contribution in [0.1, 0.15) is 19.4 Å². The summed E-state index contributed by atoms with van der Waals surface area (Å²) in [6.45, 7) is 6.46. The second-order valence-electron chi connectivity index (χ2n) is 4.80. The zero-order valence-corrected chi connectivity index (χ0v) is 9.67. The maximum absolute atomic E-state index is 8.82. The van der Waals surface area contributed by atoms with Crippen LogP contribution < -0.4 is 4.90 Å². The smallest absolute Gasteiger partial charge is 0.0992 e. The number of hydrogen-bond acceptors (Lipinski definition) is 2. The maximum Gasteiger partial charge on any atom is 0.0992 e. The Labute approximate surface area is 95.1 Å². The van der Waals surface area contributed by atoms with E-state index in [-0.39, 0.29) is 0 Å². The molecular weight excluding hydrogens is 208 g/mol. The van der Waals surface area contributed by atoms with Crippen LogP contribution in [0.4, 0.5) is 5.69 Å². The van der Waals surface area contributed by atoms with Crippen LogP contribution in [0.25, 0.3) is 0 Å². The van der Waals surface area contributed by atoms with E-state index in [1.807, 2.05) is 6.07 Å². The van der Waals surface area contributed by atoms with Crippen molar-refractivity contribution in [2.24, 2.45) is 5.41 Å². The van der Waals surface area contributed by atoms with E-state index in [9.17, 15) is 0 Å². The predicted octanol–water partition coefficient (Wildman–Crippen LogP) is 3.06. The average Bonchev–Trinajstić information content (AvgIpc) is 2.15. The molecule has 0 radical (unpaired) electrons. The number of benzene rings is 1. The minimum absolute atomic E-state index is 0.367. The molecule has 0 spiro atoms. The topological polar surface area (TPSA) is 27.0 Å². The van der Waals surface area contributed by atoms with Gasteiger partial charge >= 0.3 is 0 Å². The van der Waals surface area contributed by atoms with Gasteiger partial charge in [-0.25, -0.2) is 0 Å². The molecule has 0 N–H and O–H groups in total. The fraction of sp³-hybridized carbons (Fsp3) is 0.417. The Morgan fingerprint density at radius 1 is 1.40 bits per heavy atom. The summed E-state index contributed by atoms with van der Waals surface area (Å²) in [5.74, 6) is 0. The average molecular weight is 221 g/mol. The van der Waals surface area contributed by atoms with Gasteiger partial charge in [0.2, 0.25) is 0 Å². The van der Waals surface area contributed by atoms with Crippen molar-refractivity contribution in [2.75, 3.05) is 18.0 Å². The Balaban J connectivity index is 2.26. The van der Waals surface area contributed by atoms with Crippen molar-refractivity contribution >= 4 is 17.3 Å². The molecule has 15 heavy (non-hydrogen) atoms. The lowest BCUT2D eigenvalue weighted by molar-refractivity contribution is 0.276. The van der Waals surface area contributed by atoms with Crippen LogP contribution >= 0.6 is 11.6 Å². The highest BCUT2D eigenvalue weighted by atomic mass is 35.5. The quantitative estimate of drug-likeness (QED) is 0.728. The van der Waals surface area contributed by atoms with Crippen LogP contribution in [0.5, 0.6) is 0 Å². The lowest BCUT2D eigenvalue weighted by atomic mass is 9.84.